The number of pyridine rings is 1. The van der Waals surface area contributed by atoms with E-state index in [0.717, 1.165) is 24.2 Å². The van der Waals surface area contributed by atoms with E-state index in [-0.39, 0.29) is 23.7 Å². The normalized spacial score (nSPS) is 14.2. The number of carbonyl (C=O) groups is 2. The molecule has 1 atom stereocenters. The number of halogens is 1. The maximum atomic E-state index is 13.1. The number of anilines is 1. The van der Waals surface area contributed by atoms with E-state index in [4.69, 9.17) is 4.98 Å². The van der Waals surface area contributed by atoms with Crippen molar-refractivity contribution in [2.24, 2.45) is 7.05 Å². The zero-order valence-corrected chi connectivity index (χ0v) is 16.8. The number of aryl methyl sites for hydroxylation is 2. The van der Waals surface area contributed by atoms with Crippen molar-refractivity contribution in [1.82, 2.24) is 20.1 Å². The van der Waals surface area contributed by atoms with Crippen LogP contribution in [0.4, 0.5) is 10.1 Å². The zero-order valence-electron chi connectivity index (χ0n) is 16.8. The minimum Gasteiger partial charge on any atom is -0.344 e. The summed E-state index contributed by atoms with van der Waals surface area (Å²) < 4.78 is 14.7. The van der Waals surface area contributed by atoms with Gasteiger partial charge in [-0.15, -0.1) is 0 Å². The van der Waals surface area contributed by atoms with Crippen molar-refractivity contribution in [3.63, 3.8) is 0 Å². The summed E-state index contributed by atoms with van der Waals surface area (Å²) in [7, 11) is 1.77. The highest BCUT2D eigenvalue weighted by Gasteiger charge is 2.26. The number of aromatic nitrogens is 3. The number of nitrogens with one attached hydrogen (secondary N) is 1. The van der Waals surface area contributed by atoms with Crippen molar-refractivity contribution in [2.75, 3.05) is 11.4 Å². The fourth-order valence-corrected chi connectivity index (χ4v) is 3.54. The number of amides is 2. The molecule has 2 aromatic heterocycles. The fourth-order valence-electron chi connectivity index (χ4n) is 3.54. The van der Waals surface area contributed by atoms with Gasteiger partial charge in [0.1, 0.15) is 5.82 Å². The molecule has 0 spiro atoms. The molecule has 0 aliphatic carbocycles. The first kappa shape index (κ1) is 19.8. The van der Waals surface area contributed by atoms with E-state index in [1.165, 1.54) is 24.3 Å². The number of hydrogen-bond acceptors (Lipinski definition) is 4. The third-order valence-corrected chi connectivity index (χ3v) is 5.13. The molecule has 2 amide bonds. The summed E-state index contributed by atoms with van der Waals surface area (Å²) in [6.07, 6.45) is 3.30. The fraction of sp³-hybridized carbons (Fsp3) is 0.273. The van der Waals surface area contributed by atoms with Gasteiger partial charge in [-0.3, -0.25) is 19.3 Å². The molecule has 1 unspecified atom stereocenters. The first-order valence-electron chi connectivity index (χ1n) is 9.80. The lowest BCUT2D eigenvalue weighted by Crippen LogP contribution is -2.36. The van der Waals surface area contributed by atoms with Gasteiger partial charge >= 0.3 is 0 Å². The summed E-state index contributed by atoms with van der Waals surface area (Å²) in [4.78, 5) is 31.7. The molecule has 1 aliphatic heterocycles. The predicted octanol–water partition coefficient (Wildman–Crippen LogP) is 3.04. The van der Waals surface area contributed by atoms with Crippen molar-refractivity contribution in [1.29, 1.82) is 0 Å². The monoisotopic (exact) mass is 407 g/mol. The van der Waals surface area contributed by atoms with Gasteiger partial charge in [0.05, 0.1) is 23.1 Å². The number of carbonyl (C=O) groups excluding carboxylic acids is 2. The van der Waals surface area contributed by atoms with Crippen LogP contribution in [0.2, 0.25) is 0 Å². The lowest BCUT2D eigenvalue weighted by Gasteiger charge is -2.29. The summed E-state index contributed by atoms with van der Waals surface area (Å²) in [5.74, 6) is -0.835. The summed E-state index contributed by atoms with van der Waals surface area (Å²) in [6, 6.07) is 10.4. The zero-order chi connectivity index (χ0) is 21.3. The van der Waals surface area contributed by atoms with Crippen LogP contribution in [0, 0.1) is 5.82 Å². The Balaban J connectivity index is 1.52. The summed E-state index contributed by atoms with van der Waals surface area (Å²) in [6.45, 7) is 2.45. The molecule has 1 N–H and O–H groups in total. The number of fused-ring (bicyclic) bond motifs is 1. The Morgan fingerprint density at radius 3 is 2.60 bits per heavy atom. The molecule has 0 bridgehead atoms. The molecule has 0 saturated heterocycles. The topological polar surface area (TPSA) is 80.1 Å². The van der Waals surface area contributed by atoms with Crippen LogP contribution < -0.4 is 10.2 Å². The van der Waals surface area contributed by atoms with Gasteiger partial charge in [-0.25, -0.2) is 4.39 Å². The second kappa shape index (κ2) is 8.06. The highest BCUT2D eigenvalue weighted by molar-refractivity contribution is 6.05. The molecule has 0 fully saturated rings. The van der Waals surface area contributed by atoms with E-state index >= 15 is 0 Å². The standard InChI is InChI=1S/C22H22FN5O2/c1-14(24-21(29)15-5-7-16(23)8-6-15)17-9-10-20-18(25-17)4-3-12-28(20)22(30)19-11-13-27(2)26-19/h5-11,13-14H,3-4,12H2,1-2H3,(H,24,29). The van der Waals surface area contributed by atoms with Crippen LogP contribution in [0.5, 0.6) is 0 Å². The Hall–Kier alpha value is -3.55. The van der Waals surface area contributed by atoms with Crippen LogP contribution in [0.1, 0.15) is 51.6 Å². The molecule has 3 heterocycles. The minimum absolute atomic E-state index is 0.149. The van der Waals surface area contributed by atoms with Crippen LogP contribution in [-0.2, 0) is 13.5 Å². The number of rotatable bonds is 4. The largest absolute Gasteiger partial charge is 0.344 e. The molecule has 3 aromatic rings. The Bertz CT molecular complexity index is 1090. The molecule has 7 nitrogen and oxygen atoms in total. The number of nitrogens with zero attached hydrogens (tertiary/aromatic N) is 4. The van der Waals surface area contributed by atoms with Gasteiger partial charge in [-0.05, 0) is 62.2 Å². The third kappa shape index (κ3) is 3.94. The lowest BCUT2D eigenvalue weighted by atomic mass is 10.0. The van der Waals surface area contributed by atoms with Crippen molar-refractivity contribution in [3.05, 3.63) is 77.1 Å². The van der Waals surface area contributed by atoms with E-state index in [0.29, 0.717) is 23.5 Å². The first-order valence-corrected chi connectivity index (χ1v) is 9.80. The second-order valence-corrected chi connectivity index (χ2v) is 7.34. The average Bonchev–Trinajstić information content (AvgIpc) is 3.19. The van der Waals surface area contributed by atoms with Gasteiger partial charge < -0.3 is 10.2 Å². The van der Waals surface area contributed by atoms with Crippen LogP contribution >= 0.6 is 0 Å². The van der Waals surface area contributed by atoms with Crippen molar-refractivity contribution >= 4 is 17.5 Å². The molecular formula is C22H22FN5O2. The summed E-state index contributed by atoms with van der Waals surface area (Å²) in [5.41, 5.74) is 3.09. The molecule has 8 heteroatoms. The molecular weight excluding hydrogens is 385 g/mol. The molecule has 0 radical (unpaired) electrons. The maximum Gasteiger partial charge on any atom is 0.278 e. The Kier molecular flexibility index (Phi) is 5.31. The predicted molar refractivity (Wildman–Crippen MR) is 110 cm³/mol. The molecule has 1 aromatic carbocycles. The van der Waals surface area contributed by atoms with E-state index in [1.54, 1.807) is 28.9 Å². The van der Waals surface area contributed by atoms with Gasteiger partial charge in [0, 0.05) is 25.4 Å². The first-order chi connectivity index (χ1) is 14.4. The molecule has 4 rings (SSSR count). The summed E-state index contributed by atoms with van der Waals surface area (Å²) >= 11 is 0. The second-order valence-electron chi connectivity index (χ2n) is 7.34. The van der Waals surface area contributed by atoms with Gasteiger partial charge in [-0.2, -0.15) is 5.10 Å². The van der Waals surface area contributed by atoms with Crippen molar-refractivity contribution in [2.45, 2.75) is 25.8 Å². The summed E-state index contributed by atoms with van der Waals surface area (Å²) in [5, 5.41) is 7.09. The van der Waals surface area contributed by atoms with Crippen LogP contribution in [0.15, 0.2) is 48.7 Å². The molecule has 30 heavy (non-hydrogen) atoms. The van der Waals surface area contributed by atoms with Crippen LogP contribution in [-0.4, -0.2) is 33.1 Å². The van der Waals surface area contributed by atoms with Gasteiger partial charge in [0.25, 0.3) is 11.8 Å². The minimum atomic E-state index is -0.388. The Labute approximate surface area is 173 Å². The maximum absolute atomic E-state index is 13.1. The van der Waals surface area contributed by atoms with E-state index in [9.17, 15) is 14.0 Å². The number of hydrogen-bond donors (Lipinski definition) is 1. The van der Waals surface area contributed by atoms with Gasteiger partial charge in [-0.1, -0.05) is 0 Å². The molecule has 1 aliphatic rings. The van der Waals surface area contributed by atoms with Crippen LogP contribution in [0.3, 0.4) is 0 Å². The molecule has 0 saturated carbocycles. The highest BCUT2D eigenvalue weighted by Crippen LogP contribution is 2.28. The molecule has 154 valence electrons. The third-order valence-electron chi connectivity index (χ3n) is 5.13. The van der Waals surface area contributed by atoms with Crippen molar-refractivity contribution in [3.8, 4) is 0 Å². The highest BCUT2D eigenvalue weighted by atomic mass is 19.1. The lowest BCUT2D eigenvalue weighted by molar-refractivity contribution is 0.0938. The SMILES string of the molecule is CC(NC(=O)c1ccc(F)cc1)c1ccc2c(n1)CCCN2C(=O)c1ccn(C)n1. The average molecular weight is 407 g/mol. The van der Waals surface area contributed by atoms with Crippen molar-refractivity contribution < 1.29 is 14.0 Å². The smallest absolute Gasteiger partial charge is 0.278 e. The van der Waals surface area contributed by atoms with E-state index in [1.807, 2.05) is 19.1 Å². The van der Waals surface area contributed by atoms with Gasteiger partial charge in [0.2, 0.25) is 0 Å². The Morgan fingerprint density at radius 2 is 1.90 bits per heavy atom. The van der Waals surface area contributed by atoms with Gasteiger partial charge in [0.15, 0.2) is 5.69 Å². The Morgan fingerprint density at radius 1 is 1.13 bits per heavy atom. The van der Waals surface area contributed by atoms with E-state index < -0.39 is 0 Å². The quantitative estimate of drug-likeness (QED) is 0.721. The number of benzene rings is 1. The van der Waals surface area contributed by atoms with E-state index in [2.05, 4.69) is 10.4 Å². The van der Waals surface area contributed by atoms with Crippen LogP contribution in [0.25, 0.3) is 0 Å².